The second kappa shape index (κ2) is 5.38. The fourth-order valence-electron chi connectivity index (χ4n) is 4.29. The number of piperidine rings is 1. The molecule has 5 heteroatoms. The van der Waals surface area contributed by atoms with Crippen molar-refractivity contribution in [2.75, 3.05) is 18.8 Å². The van der Waals surface area contributed by atoms with Gasteiger partial charge in [0.1, 0.15) is 5.60 Å². The molecule has 0 bridgehead atoms. The van der Waals surface area contributed by atoms with Crippen molar-refractivity contribution in [2.24, 2.45) is 11.8 Å². The third-order valence-corrected chi connectivity index (χ3v) is 5.48. The molecule has 2 fully saturated rings. The Kier molecular flexibility index (Phi) is 3.53. The molecule has 0 aromatic heterocycles. The van der Waals surface area contributed by atoms with Crippen LogP contribution in [0, 0.1) is 11.8 Å². The molecule has 0 spiro atoms. The molecule has 1 amide bonds. The average molecular weight is 329 g/mol. The molecule has 1 aromatic rings. The molecule has 1 heterocycles. The number of likely N-dealkylation sites (tertiary alicyclic amines) is 1. The Morgan fingerprint density at radius 3 is 2.67 bits per heavy atom. The molecule has 130 valence electrons. The lowest BCUT2D eigenvalue weighted by atomic mass is 10.1. The van der Waals surface area contributed by atoms with Crippen molar-refractivity contribution < 1.29 is 9.53 Å². The largest absolute Gasteiger partial charge is 0.444 e. The van der Waals surface area contributed by atoms with Gasteiger partial charge in [0.25, 0.3) is 0 Å². The van der Waals surface area contributed by atoms with Crippen molar-refractivity contribution in [3.8, 4) is 0 Å². The van der Waals surface area contributed by atoms with E-state index in [4.69, 9.17) is 10.5 Å². The highest BCUT2D eigenvalue weighted by Gasteiger charge is 2.57. The highest BCUT2D eigenvalue weighted by Crippen LogP contribution is 2.48. The van der Waals surface area contributed by atoms with Gasteiger partial charge in [0.2, 0.25) is 0 Å². The number of nitrogens with one attached hydrogen (secondary N) is 1. The van der Waals surface area contributed by atoms with Crippen LogP contribution in [0.4, 0.5) is 10.5 Å². The van der Waals surface area contributed by atoms with Crippen LogP contribution in [-0.4, -0.2) is 35.7 Å². The topological polar surface area (TPSA) is 67.6 Å². The van der Waals surface area contributed by atoms with E-state index in [1.54, 1.807) is 0 Å². The lowest BCUT2D eigenvalue weighted by molar-refractivity contribution is 0.0268. The highest BCUT2D eigenvalue weighted by atomic mass is 16.6. The molecule has 3 atom stereocenters. The summed E-state index contributed by atoms with van der Waals surface area (Å²) in [5.41, 5.74) is 9.10. The van der Waals surface area contributed by atoms with Crippen LogP contribution in [0.1, 0.15) is 44.4 Å². The number of hydrogen-bond acceptors (Lipinski definition) is 4. The SMILES string of the molecule is CC(C)(C)OC(=O)N1CC2C(C1)C2NC1CCc2cc(N)ccc21. The summed E-state index contributed by atoms with van der Waals surface area (Å²) in [5, 5.41) is 3.82. The molecule has 1 saturated heterocycles. The predicted molar refractivity (Wildman–Crippen MR) is 93.6 cm³/mol. The lowest BCUT2D eigenvalue weighted by Gasteiger charge is -2.26. The van der Waals surface area contributed by atoms with E-state index >= 15 is 0 Å². The number of rotatable bonds is 2. The van der Waals surface area contributed by atoms with Gasteiger partial charge in [0.15, 0.2) is 0 Å². The monoisotopic (exact) mass is 329 g/mol. The van der Waals surface area contributed by atoms with Gasteiger partial charge in [-0.25, -0.2) is 4.79 Å². The van der Waals surface area contributed by atoms with E-state index in [0.717, 1.165) is 31.6 Å². The first-order chi connectivity index (χ1) is 11.3. The number of benzene rings is 1. The van der Waals surface area contributed by atoms with Crippen LogP contribution in [0.5, 0.6) is 0 Å². The summed E-state index contributed by atoms with van der Waals surface area (Å²) in [6, 6.07) is 7.25. The number of fused-ring (bicyclic) bond motifs is 2. The summed E-state index contributed by atoms with van der Waals surface area (Å²) >= 11 is 0. The third-order valence-electron chi connectivity index (χ3n) is 5.48. The molecule has 2 aliphatic carbocycles. The van der Waals surface area contributed by atoms with Crippen LogP contribution >= 0.6 is 0 Å². The third kappa shape index (κ3) is 2.86. The zero-order valence-electron chi connectivity index (χ0n) is 14.7. The summed E-state index contributed by atoms with van der Waals surface area (Å²) in [6.45, 7) is 7.38. The number of nitrogens with two attached hydrogens (primary N) is 1. The fraction of sp³-hybridized carbons (Fsp3) is 0.632. The lowest BCUT2D eigenvalue weighted by Crippen LogP contribution is -2.39. The van der Waals surface area contributed by atoms with E-state index in [-0.39, 0.29) is 6.09 Å². The van der Waals surface area contributed by atoms with E-state index < -0.39 is 5.60 Å². The van der Waals surface area contributed by atoms with Crippen LogP contribution < -0.4 is 11.1 Å². The quantitative estimate of drug-likeness (QED) is 0.819. The molecule has 24 heavy (non-hydrogen) atoms. The Morgan fingerprint density at radius 1 is 1.29 bits per heavy atom. The molecule has 3 aliphatic rings. The smallest absolute Gasteiger partial charge is 0.410 e. The maximum Gasteiger partial charge on any atom is 0.410 e. The molecule has 1 aromatic carbocycles. The van der Waals surface area contributed by atoms with Crippen LogP contribution in [0.2, 0.25) is 0 Å². The molecule has 5 nitrogen and oxygen atoms in total. The van der Waals surface area contributed by atoms with E-state index in [1.807, 2.05) is 31.7 Å². The van der Waals surface area contributed by atoms with Crippen molar-refractivity contribution >= 4 is 11.8 Å². The minimum Gasteiger partial charge on any atom is -0.444 e. The molecular weight excluding hydrogens is 302 g/mol. The van der Waals surface area contributed by atoms with Gasteiger partial charge < -0.3 is 20.7 Å². The van der Waals surface area contributed by atoms with Gasteiger partial charge in [-0.3, -0.25) is 0 Å². The van der Waals surface area contributed by atoms with Crippen molar-refractivity contribution in [3.05, 3.63) is 29.3 Å². The molecular formula is C19H27N3O2. The normalized spacial score (nSPS) is 30.9. The van der Waals surface area contributed by atoms with E-state index in [1.165, 1.54) is 11.1 Å². The van der Waals surface area contributed by atoms with E-state index in [0.29, 0.717) is 23.9 Å². The number of carbonyl (C=O) groups excluding carboxylic acids is 1. The number of carbonyl (C=O) groups is 1. The van der Waals surface area contributed by atoms with E-state index in [2.05, 4.69) is 17.4 Å². The molecule has 3 unspecified atom stereocenters. The van der Waals surface area contributed by atoms with Crippen molar-refractivity contribution in [1.29, 1.82) is 0 Å². The zero-order chi connectivity index (χ0) is 17.1. The summed E-state index contributed by atoms with van der Waals surface area (Å²) in [6.07, 6.45) is 2.07. The van der Waals surface area contributed by atoms with Gasteiger partial charge in [-0.2, -0.15) is 0 Å². The minimum absolute atomic E-state index is 0.171. The number of aryl methyl sites for hydroxylation is 1. The van der Waals surface area contributed by atoms with Crippen LogP contribution in [-0.2, 0) is 11.2 Å². The van der Waals surface area contributed by atoms with Crippen LogP contribution in [0.3, 0.4) is 0 Å². The Morgan fingerprint density at radius 2 is 2.00 bits per heavy atom. The van der Waals surface area contributed by atoms with Gasteiger partial charge >= 0.3 is 6.09 Å². The number of amides is 1. The Labute approximate surface area is 143 Å². The molecule has 0 radical (unpaired) electrons. The first kappa shape index (κ1) is 15.8. The summed E-state index contributed by atoms with van der Waals surface area (Å²) in [7, 11) is 0. The summed E-state index contributed by atoms with van der Waals surface area (Å²) < 4.78 is 5.47. The number of hydrogen-bond donors (Lipinski definition) is 2. The minimum atomic E-state index is -0.420. The second-order valence-electron chi connectivity index (χ2n) is 8.45. The number of nitrogens with zero attached hydrogens (tertiary/aromatic N) is 1. The van der Waals surface area contributed by atoms with Crippen molar-refractivity contribution in [3.63, 3.8) is 0 Å². The maximum absolute atomic E-state index is 12.1. The van der Waals surface area contributed by atoms with Gasteiger partial charge in [-0.05, 0) is 68.7 Å². The number of ether oxygens (including phenoxy) is 1. The Hall–Kier alpha value is -1.75. The van der Waals surface area contributed by atoms with Gasteiger partial charge in [-0.15, -0.1) is 0 Å². The second-order valence-corrected chi connectivity index (χ2v) is 8.45. The Bertz CT molecular complexity index is 655. The van der Waals surface area contributed by atoms with Gasteiger partial charge in [0.05, 0.1) is 0 Å². The molecule has 1 aliphatic heterocycles. The van der Waals surface area contributed by atoms with Gasteiger partial charge in [0, 0.05) is 30.9 Å². The molecule has 4 rings (SSSR count). The number of anilines is 1. The van der Waals surface area contributed by atoms with Gasteiger partial charge in [-0.1, -0.05) is 6.07 Å². The van der Waals surface area contributed by atoms with Crippen LogP contribution in [0.25, 0.3) is 0 Å². The average Bonchev–Trinajstić information content (AvgIpc) is 2.87. The summed E-state index contributed by atoms with van der Waals surface area (Å²) in [4.78, 5) is 14.0. The zero-order valence-corrected chi connectivity index (χ0v) is 14.7. The maximum atomic E-state index is 12.1. The van der Waals surface area contributed by atoms with Crippen molar-refractivity contribution in [1.82, 2.24) is 10.2 Å². The fourth-order valence-corrected chi connectivity index (χ4v) is 4.29. The van der Waals surface area contributed by atoms with E-state index in [9.17, 15) is 4.79 Å². The highest BCUT2D eigenvalue weighted by molar-refractivity contribution is 5.69. The molecule has 1 saturated carbocycles. The summed E-state index contributed by atoms with van der Waals surface area (Å²) in [5.74, 6) is 1.16. The standard InChI is InChI=1S/C19H27N3O2/c1-19(2,3)24-18(23)22-9-14-15(10-22)17(14)21-16-7-4-11-8-12(20)5-6-13(11)16/h5-6,8,14-17,21H,4,7,9-10,20H2,1-3H3. The predicted octanol–water partition coefficient (Wildman–Crippen LogP) is 2.71. The number of nitrogen functional groups attached to an aromatic ring is 1. The molecule has 3 N–H and O–H groups in total. The van der Waals surface area contributed by atoms with Crippen LogP contribution in [0.15, 0.2) is 18.2 Å². The van der Waals surface area contributed by atoms with Crippen molar-refractivity contribution in [2.45, 2.75) is 51.3 Å². The first-order valence-electron chi connectivity index (χ1n) is 8.94. The first-order valence-corrected chi connectivity index (χ1v) is 8.94. The Balaban J connectivity index is 1.32.